The molecule has 0 radical (unpaired) electrons. The smallest absolute Gasteiger partial charge is 0.426 e. The Morgan fingerprint density at radius 2 is 1.00 bits per heavy atom. The molecule has 0 fully saturated rings. The van der Waals surface area contributed by atoms with Gasteiger partial charge in [-0.1, -0.05) is 96.6 Å². The van der Waals surface area contributed by atoms with Crippen LogP contribution in [0.25, 0.3) is 23.2 Å². The van der Waals surface area contributed by atoms with E-state index in [2.05, 4.69) is 62.0 Å². The van der Waals surface area contributed by atoms with Crippen LogP contribution < -0.4 is 14.8 Å². The zero-order valence-corrected chi connectivity index (χ0v) is 47.0. The standard InChI is InChI=1S/C31H34F6N4O5.C26H24ClF6N3O3/c1-7-9-16-29(31(35,36)37,43-18-20-14-11-10-12-15-20)26-41-40-25(45-26)23-22(38-27(42)46-28(4,5)6)17-21(30(32,33)34)24(39-23)44-19(3)13-8-2;1-4-6-13-24(26(31,32)33,37-15-17-11-8-7-9-12-17)23-36-35-22(39-23)20-19(27)14-18(25(28,29)30)21(34-20)38-16(3)10-5-2/h7-8,10-12,14-15,17,19H,1-2,9,13,16,18H2,3-6H3,(H,38,42);4-5,7-9,11-12,14,16H,1-2,6,10,13,15H2,3H3. The molecule has 4 atom stereocenters. The van der Waals surface area contributed by atoms with E-state index in [0.717, 1.165) is 0 Å². The van der Waals surface area contributed by atoms with E-state index in [4.69, 9.17) is 44.1 Å². The summed E-state index contributed by atoms with van der Waals surface area (Å²) < 4.78 is 209. The largest absolute Gasteiger partial charge is 0.474 e. The Morgan fingerprint density at radius 1 is 0.600 bits per heavy atom. The maximum Gasteiger partial charge on any atom is 0.426 e. The van der Waals surface area contributed by atoms with Gasteiger partial charge in [0.05, 0.1) is 23.9 Å². The van der Waals surface area contributed by atoms with Gasteiger partial charge < -0.3 is 32.5 Å². The summed E-state index contributed by atoms with van der Waals surface area (Å²) in [6.45, 7) is 20.5. The first-order valence-electron chi connectivity index (χ1n) is 25.6. The molecule has 4 aromatic heterocycles. The molecule has 1 N–H and O–H groups in total. The van der Waals surface area contributed by atoms with Crippen LogP contribution >= 0.6 is 11.6 Å². The van der Waals surface area contributed by atoms with Gasteiger partial charge in [-0.25, -0.2) is 14.8 Å². The van der Waals surface area contributed by atoms with Gasteiger partial charge in [0.15, 0.2) is 5.69 Å². The molecule has 0 saturated heterocycles. The van der Waals surface area contributed by atoms with Gasteiger partial charge in [0.1, 0.15) is 34.6 Å². The molecule has 15 nitrogen and oxygen atoms in total. The highest BCUT2D eigenvalue weighted by Crippen LogP contribution is 2.50. The molecule has 4 heterocycles. The molecule has 85 heavy (non-hydrogen) atoms. The SMILES string of the molecule is C=CCCC(OCc1ccccc1)(c1nnc(-c2nc(OC(C)CC=C)c(C(F)(F)F)cc2Cl)o1)C(F)(F)F.C=CCCC(OCc1ccccc1)(c1nnc(-c2nc(OC(C)CC=C)c(C(F)(F)F)cc2NC(=O)OC(C)(C)C)o1)C(F)(F)F. The van der Waals surface area contributed by atoms with Gasteiger partial charge in [-0.3, -0.25) is 5.32 Å². The van der Waals surface area contributed by atoms with Crippen molar-refractivity contribution in [2.75, 3.05) is 5.32 Å². The topological polar surface area (TPSA) is 179 Å². The van der Waals surface area contributed by atoms with Gasteiger partial charge in [-0.2, -0.15) is 52.7 Å². The van der Waals surface area contributed by atoms with Crippen LogP contribution in [-0.2, 0) is 51.0 Å². The molecule has 0 bridgehead atoms. The van der Waals surface area contributed by atoms with Crippen molar-refractivity contribution in [3.8, 4) is 34.9 Å². The second kappa shape index (κ2) is 28.4. The Morgan fingerprint density at radius 3 is 1.38 bits per heavy atom. The summed E-state index contributed by atoms with van der Waals surface area (Å²) in [4.78, 5) is 20.3. The number of carbonyl (C=O) groups excluding carboxylic acids is 1. The molecule has 0 aliphatic rings. The van der Waals surface area contributed by atoms with Crippen LogP contribution in [0.3, 0.4) is 0 Å². The summed E-state index contributed by atoms with van der Waals surface area (Å²) in [5.41, 5.74) is -10.8. The van der Waals surface area contributed by atoms with E-state index < -0.39 is 154 Å². The molecule has 6 rings (SSSR count). The molecule has 2 aromatic carbocycles. The number of hydrogen-bond acceptors (Lipinski definition) is 14. The zero-order chi connectivity index (χ0) is 63.2. The van der Waals surface area contributed by atoms with E-state index in [9.17, 15) is 57.5 Å². The van der Waals surface area contributed by atoms with Crippen LogP contribution in [0.5, 0.6) is 11.8 Å². The minimum absolute atomic E-state index is 0.132. The van der Waals surface area contributed by atoms with Crippen molar-refractivity contribution in [1.29, 1.82) is 0 Å². The lowest BCUT2D eigenvalue weighted by molar-refractivity contribution is -0.299. The van der Waals surface area contributed by atoms with Crippen LogP contribution in [0.4, 0.5) is 63.2 Å². The van der Waals surface area contributed by atoms with Crippen molar-refractivity contribution in [3.05, 3.63) is 162 Å². The molecule has 4 unspecified atom stereocenters. The number of benzene rings is 2. The lowest BCUT2D eigenvalue weighted by Crippen LogP contribution is -2.45. The minimum atomic E-state index is -5.10. The summed E-state index contributed by atoms with van der Waals surface area (Å²) in [6.07, 6.45) is -18.8. The minimum Gasteiger partial charge on any atom is -0.474 e. The second-order valence-electron chi connectivity index (χ2n) is 19.6. The predicted octanol–water partition coefficient (Wildman–Crippen LogP) is 16.9. The lowest BCUT2D eigenvalue weighted by Gasteiger charge is -2.32. The van der Waals surface area contributed by atoms with Crippen LogP contribution in [0, 0.1) is 0 Å². The van der Waals surface area contributed by atoms with Crippen molar-refractivity contribution >= 4 is 23.4 Å². The van der Waals surface area contributed by atoms with Gasteiger partial charge in [0.25, 0.3) is 23.6 Å². The number of nitrogens with zero attached hydrogens (tertiary/aromatic N) is 6. The highest BCUT2D eigenvalue weighted by atomic mass is 35.5. The summed E-state index contributed by atoms with van der Waals surface area (Å²) in [5, 5.41) is 16.0. The van der Waals surface area contributed by atoms with Gasteiger partial charge in [0, 0.05) is 12.8 Å². The number of carbonyl (C=O) groups is 1. The fraction of sp³-hybridized carbons (Fsp3) is 0.386. The number of aromatic nitrogens is 6. The fourth-order valence-electron chi connectivity index (χ4n) is 7.63. The molecule has 0 aliphatic carbocycles. The predicted molar refractivity (Wildman–Crippen MR) is 287 cm³/mol. The number of allylic oxidation sites excluding steroid dienone is 2. The number of pyridine rings is 2. The number of alkyl halides is 12. The molecule has 0 aliphatic heterocycles. The molecule has 460 valence electrons. The zero-order valence-electron chi connectivity index (χ0n) is 46.2. The van der Waals surface area contributed by atoms with E-state index >= 15 is 0 Å². The third-order valence-electron chi connectivity index (χ3n) is 11.7. The Kier molecular flexibility index (Phi) is 22.7. The Hall–Kier alpha value is -7.78. The van der Waals surface area contributed by atoms with E-state index in [0.29, 0.717) is 23.3 Å². The average Bonchev–Trinajstić information content (AvgIpc) is 2.32. The second-order valence-corrected chi connectivity index (χ2v) is 20.0. The Balaban J connectivity index is 0.000000315. The summed E-state index contributed by atoms with van der Waals surface area (Å²) in [5.74, 6) is -5.22. The van der Waals surface area contributed by atoms with Crippen molar-refractivity contribution in [2.24, 2.45) is 0 Å². The highest BCUT2D eigenvalue weighted by molar-refractivity contribution is 6.33. The quantitative estimate of drug-likeness (QED) is 0.0423. The van der Waals surface area contributed by atoms with E-state index in [1.54, 1.807) is 60.7 Å². The summed E-state index contributed by atoms with van der Waals surface area (Å²) in [7, 11) is 0. The lowest BCUT2D eigenvalue weighted by atomic mass is 9.96. The van der Waals surface area contributed by atoms with Crippen LogP contribution in [-0.4, -0.2) is 66.6 Å². The van der Waals surface area contributed by atoms with Crippen LogP contribution in [0.1, 0.15) is 107 Å². The monoisotopic (exact) mass is 1230 g/mol. The Bertz CT molecular complexity index is 3200. The van der Waals surface area contributed by atoms with Crippen LogP contribution in [0.15, 0.2) is 132 Å². The van der Waals surface area contributed by atoms with Crippen molar-refractivity contribution in [3.63, 3.8) is 0 Å². The number of ether oxygens (including phenoxy) is 5. The van der Waals surface area contributed by atoms with E-state index in [1.807, 2.05) is 0 Å². The van der Waals surface area contributed by atoms with Crippen molar-refractivity contribution in [2.45, 2.75) is 140 Å². The van der Waals surface area contributed by atoms with Crippen LogP contribution in [0.2, 0.25) is 5.02 Å². The number of rotatable bonds is 25. The van der Waals surface area contributed by atoms with Gasteiger partial charge >= 0.3 is 30.8 Å². The third kappa shape index (κ3) is 17.9. The summed E-state index contributed by atoms with van der Waals surface area (Å²) >= 11 is 6.05. The highest BCUT2D eigenvalue weighted by Gasteiger charge is 2.62. The molecule has 6 aromatic rings. The number of amides is 1. The average molecular weight is 1230 g/mol. The van der Waals surface area contributed by atoms with Gasteiger partial charge in [-0.05, 0) is 83.6 Å². The first kappa shape index (κ1) is 68.0. The third-order valence-corrected chi connectivity index (χ3v) is 12.0. The van der Waals surface area contributed by atoms with Crippen molar-refractivity contribution < 1.29 is 90.0 Å². The number of halogens is 13. The molecular formula is C57H58ClF12N7O8. The molecule has 1 amide bonds. The van der Waals surface area contributed by atoms with Gasteiger partial charge in [0.2, 0.25) is 23.0 Å². The number of hydrogen-bond donors (Lipinski definition) is 1. The molecule has 0 spiro atoms. The number of anilines is 1. The summed E-state index contributed by atoms with van der Waals surface area (Å²) in [6, 6.07) is 17.2. The maximum absolute atomic E-state index is 14.8. The molecule has 0 saturated carbocycles. The maximum atomic E-state index is 14.8. The molecular weight excluding hydrogens is 1170 g/mol. The molecule has 28 heteroatoms. The van der Waals surface area contributed by atoms with Gasteiger partial charge in [-0.15, -0.1) is 46.7 Å². The van der Waals surface area contributed by atoms with E-state index in [1.165, 1.54) is 58.9 Å². The van der Waals surface area contributed by atoms with E-state index in [-0.39, 0.29) is 25.7 Å². The first-order valence-corrected chi connectivity index (χ1v) is 25.9. The normalized spacial score (nSPS) is 14.3. The fourth-order valence-corrected chi connectivity index (χ4v) is 7.86. The van der Waals surface area contributed by atoms with Crippen molar-refractivity contribution in [1.82, 2.24) is 30.4 Å². The Labute approximate surface area is 485 Å². The first-order chi connectivity index (χ1) is 39.7. The number of nitrogens with one attached hydrogen (secondary N) is 1.